The largest absolute Gasteiger partial charge is 0.478 e. The predicted molar refractivity (Wildman–Crippen MR) is 261 cm³/mol. The number of fused-ring (bicyclic) bond motifs is 6. The Hall–Kier alpha value is -5.50. The normalized spacial score (nSPS) is 18.3. The molecule has 334 valence electrons. The van der Waals surface area contributed by atoms with Gasteiger partial charge in [0.15, 0.2) is 0 Å². The van der Waals surface area contributed by atoms with Crippen LogP contribution in [0.25, 0.3) is 55.2 Å². The summed E-state index contributed by atoms with van der Waals surface area (Å²) in [5, 5.41) is 11.8. The van der Waals surface area contributed by atoms with Crippen molar-refractivity contribution >= 4 is 27.8 Å². The molecule has 0 aliphatic carbocycles. The average molecular weight is 861 g/mol. The van der Waals surface area contributed by atoms with Gasteiger partial charge >= 0.3 is 5.97 Å². The van der Waals surface area contributed by atoms with Crippen LogP contribution >= 0.6 is 0 Å². The van der Waals surface area contributed by atoms with E-state index < -0.39 is 5.97 Å². The Kier molecular flexibility index (Phi) is 13.1. The van der Waals surface area contributed by atoms with Crippen LogP contribution in [0.2, 0.25) is 0 Å². The third kappa shape index (κ3) is 8.22. The molecule has 7 heteroatoms. The summed E-state index contributed by atoms with van der Waals surface area (Å²) in [5.74, 6) is -0.306. The number of aromatic amines is 2. The van der Waals surface area contributed by atoms with Crippen LogP contribution in [0.1, 0.15) is 150 Å². The Bertz CT molecular complexity index is 2780. The fourth-order valence-corrected chi connectivity index (χ4v) is 10.4. The first-order valence-electron chi connectivity index (χ1n) is 23.7. The molecule has 64 heavy (non-hydrogen) atoms. The van der Waals surface area contributed by atoms with E-state index in [4.69, 9.17) is 9.47 Å². The maximum atomic E-state index is 15.4. The fourth-order valence-electron chi connectivity index (χ4n) is 10.4. The summed E-state index contributed by atoms with van der Waals surface area (Å²) < 4.78 is 28.2. The van der Waals surface area contributed by atoms with Gasteiger partial charge in [0, 0.05) is 27.5 Å². The molecular weight excluding hydrogens is 796 g/mol. The Labute approximate surface area is 378 Å². The Balaban J connectivity index is 0.000000176. The van der Waals surface area contributed by atoms with Gasteiger partial charge in [0.1, 0.15) is 17.0 Å². The van der Waals surface area contributed by atoms with Crippen LogP contribution in [0.3, 0.4) is 0 Å². The summed E-state index contributed by atoms with van der Waals surface area (Å²) in [6, 6.07) is 31.8. The molecule has 0 amide bonds. The van der Waals surface area contributed by atoms with Crippen LogP contribution in [0, 0.1) is 5.82 Å². The maximum Gasteiger partial charge on any atom is 0.335 e. The molecule has 2 aromatic heterocycles. The molecular formula is C57H65FN2O4. The molecule has 4 heterocycles. The number of nitrogens with one attached hydrogen (secondary N) is 2. The minimum absolute atomic E-state index is 0.194. The number of H-pyrrole nitrogens is 2. The number of aromatic nitrogens is 2. The summed E-state index contributed by atoms with van der Waals surface area (Å²) in [6.07, 6.45) is 7.85. The Morgan fingerprint density at radius 1 is 0.625 bits per heavy atom. The second-order valence-corrected chi connectivity index (χ2v) is 18.6. The molecule has 0 saturated carbocycles. The molecule has 9 rings (SSSR count). The number of carboxylic acid groups (broad SMARTS) is 1. The van der Waals surface area contributed by atoms with E-state index in [0.717, 1.165) is 103 Å². The number of aromatic carboxylic acids is 1. The van der Waals surface area contributed by atoms with Crippen molar-refractivity contribution in [3.8, 4) is 33.4 Å². The van der Waals surface area contributed by atoms with E-state index in [9.17, 15) is 9.90 Å². The number of rotatable bonds is 12. The quantitative estimate of drug-likeness (QED) is 0.114. The lowest BCUT2D eigenvalue weighted by Crippen LogP contribution is -2.35. The average Bonchev–Trinajstić information content (AvgIpc) is 3.89. The summed E-state index contributed by atoms with van der Waals surface area (Å²) in [4.78, 5) is 18.8. The first-order valence-corrected chi connectivity index (χ1v) is 23.7. The highest BCUT2D eigenvalue weighted by molar-refractivity contribution is 6.00. The van der Waals surface area contributed by atoms with Gasteiger partial charge in [-0.3, -0.25) is 0 Å². The van der Waals surface area contributed by atoms with Gasteiger partial charge in [0.2, 0.25) is 0 Å². The molecule has 2 unspecified atom stereocenters. The minimum Gasteiger partial charge on any atom is -0.478 e. The number of hydrogen-bond acceptors (Lipinski definition) is 3. The van der Waals surface area contributed by atoms with Crippen LogP contribution in [-0.4, -0.2) is 34.3 Å². The van der Waals surface area contributed by atoms with Crippen molar-refractivity contribution in [2.24, 2.45) is 0 Å². The Morgan fingerprint density at radius 3 is 1.53 bits per heavy atom. The van der Waals surface area contributed by atoms with Gasteiger partial charge < -0.3 is 24.5 Å². The summed E-state index contributed by atoms with van der Waals surface area (Å²) >= 11 is 0. The van der Waals surface area contributed by atoms with Crippen molar-refractivity contribution in [2.75, 3.05) is 13.2 Å². The van der Waals surface area contributed by atoms with Gasteiger partial charge in [0.25, 0.3) is 0 Å². The lowest BCUT2D eigenvalue weighted by molar-refractivity contribution is -0.0725. The third-order valence-electron chi connectivity index (χ3n) is 14.0. The molecule has 5 aromatic carbocycles. The van der Waals surface area contributed by atoms with Crippen molar-refractivity contribution in [3.63, 3.8) is 0 Å². The molecule has 2 aliphatic rings. The van der Waals surface area contributed by atoms with Crippen molar-refractivity contribution in [1.82, 2.24) is 9.97 Å². The zero-order valence-electron chi connectivity index (χ0n) is 39.0. The van der Waals surface area contributed by atoms with E-state index >= 15 is 4.39 Å². The van der Waals surface area contributed by atoms with Gasteiger partial charge in [0.05, 0.1) is 41.2 Å². The lowest BCUT2D eigenvalue weighted by atomic mass is 9.85. The standard InChI is InChI=1S/C31H34FNO.C26H31NO3/c1-5-15-31(6-2)30-25(14-16-34-31)27-18-23(20(3)4)17-26(29(27)33-30)22-12-13-24(28(32)19-22)21-10-8-7-9-11-21;1-5-12-26(6-2)24-20(11-13-30-26)22-15-19(16(3)4)14-21(23(22)27-24)17-7-9-18(10-8-17)25(28)29/h7-13,17-20,33H,5-6,14-16H2,1-4H3;7-10,14-16,27H,5-6,11-13H2,1-4H3,(H,28,29). The van der Waals surface area contributed by atoms with E-state index in [1.807, 2.05) is 48.5 Å². The van der Waals surface area contributed by atoms with E-state index in [0.29, 0.717) is 23.0 Å². The number of carbonyl (C=O) groups is 1. The molecule has 3 N–H and O–H groups in total. The van der Waals surface area contributed by atoms with Gasteiger partial charge in [-0.05, 0) is 132 Å². The zero-order valence-corrected chi connectivity index (χ0v) is 39.0. The summed E-state index contributed by atoms with van der Waals surface area (Å²) in [6.45, 7) is 19.2. The molecule has 2 atom stereocenters. The Morgan fingerprint density at radius 2 is 1.09 bits per heavy atom. The number of ether oxygens (including phenoxy) is 2. The number of benzene rings is 5. The van der Waals surface area contributed by atoms with Crippen LogP contribution < -0.4 is 0 Å². The van der Waals surface area contributed by atoms with Crippen molar-refractivity contribution in [2.45, 2.75) is 130 Å². The van der Waals surface area contributed by atoms with E-state index in [1.165, 1.54) is 44.4 Å². The minimum atomic E-state index is -0.901. The van der Waals surface area contributed by atoms with Gasteiger partial charge in [-0.25, -0.2) is 9.18 Å². The van der Waals surface area contributed by atoms with Crippen molar-refractivity contribution < 1.29 is 23.8 Å². The van der Waals surface area contributed by atoms with Gasteiger partial charge in [-0.1, -0.05) is 123 Å². The SMILES string of the molecule is CCCC1(CC)OCCc2c1[nH]c1c(-c3ccc(-c4ccccc4)c(F)c3)cc(C(C)C)cc21.CCCC1(CC)OCCc2c1[nH]c1c(-c3ccc(C(=O)O)cc3)cc(C(C)C)cc21. The van der Waals surface area contributed by atoms with Crippen LogP contribution in [0.4, 0.5) is 4.39 Å². The molecule has 0 fully saturated rings. The highest BCUT2D eigenvalue weighted by Crippen LogP contribution is 2.47. The lowest BCUT2D eigenvalue weighted by Gasteiger charge is -2.36. The molecule has 0 radical (unpaired) electrons. The van der Waals surface area contributed by atoms with Gasteiger partial charge in [-0.2, -0.15) is 0 Å². The molecule has 7 aromatic rings. The zero-order chi connectivity index (χ0) is 45.3. The first kappa shape index (κ1) is 45.1. The van der Waals surface area contributed by atoms with Crippen LogP contribution in [0.15, 0.2) is 97.1 Å². The van der Waals surface area contributed by atoms with Crippen LogP contribution in [-0.2, 0) is 33.5 Å². The van der Waals surface area contributed by atoms with Crippen molar-refractivity contribution in [3.05, 3.63) is 142 Å². The van der Waals surface area contributed by atoms with E-state index in [2.05, 4.69) is 95.7 Å². The van der Waals surface area contributed by atoms with Gasteiger partial charge in [-0.15, -0.1) is 0 Å². The molecule has 0 bridgehead atoms. The smallest absolute Gasteiger partial charge is 0.335 e. The monoisotopic (exact) mass is 860 g/mol. The molecule has 6 nitrogen and oxygen atoms in total. The molecule has 0 saturated heterocycles. The highest BCUT2D eigenvalue weighted by Gasteiger charge is 2.40. The summed E-state index contributed by atoms with van der Waals surface area (Å²) in [7, 11) is 0. The second kappa shape index (κ2) is 18.5. The second-order valence-electron chi connectivity index (χ2n) is 18.6. The van der Waals surface area contributed by atoms with E-state index in [-0.39, 0.29) is 17.0 Å². The van der Waals surface area contributed by atoms with Crippen molar-refractivity contribution in [1.29, 1.82) is 0 Å². The third-order valence-corrected chi connectivity index (χ3v) is 14.0. The predicted octanol–water partition coefficient (Wildman–Crippen LogP) is 15.4. The summed E-state index contributed by atoms with van der Waals surface area (Å²) in [5.41, 5.74) is 15.5. The highest BCUT2D eigenvalue weighted by atomic mass is 19.1. The number of hydrogen-bond donors (Lipinski definition) is 3. The maximum absolute atomic E-state index is 15.4. The molecule has 2 aliphatic heterocycles. The fraction of sp³-hybridized carbons (Fsp3) is 0.386. The van der Waals surface area contributed by atoms with Crippen LogP contribution in [0.5, 0.6) is 0 Å². The number of carboxylic acids is 1. The number of halogens is 1. The van der Waals surface area contributed by atoms with E-state index in [1.54, 1.807) is 18.2 Å². The first-order chi connectivity index (χ1) is 30.9. The topological polar surface area (TPSA) is 87.3 Å². The molecule has 0 spiro atoms.